The first kappa shape index (κ1) is 9.59. The van der Waals surface area contributed by atoms with Crippen LogP contribution in [-0.4, -0.2) is 20.2 Å². The normalized spacial score (nSPS) is 18.4. The second-order valence-electron chi connectivity index (χ2n) is 3.68. The fraction of sp³-hybridized carbons (Fsp3) is 0.182. The molecule has 2 N–H and O–H groups in total. The largest absolute Gasteiger partial charge is 0.340 e. The summed E-state index contributed by atoms with van der Waals surface area (Å²) in [7, 11) is -0.822. The Morgan fingerprint density at radius 2 is 2.31 bits per heavy atom. The molecule has 1 atom stereocenters. The van der Waals surface area contributed by atoms with Crippen molar-refractivity contribution in [3.8, 4) is 0 Å². The molecule has 1 aliphatic rings. The highest BCUT2D eigenvalue weighted by Crippen LogP contribution is 2.30. The molecule has 0 aliphatic carbocycles. The zero-order chi connectivity index (χ0) is 11.0. The average Bonchev–Trinajstić information content (AvgIpc) is 2.90. The molecule has 0 saturated carbocycles. The Morgan fingerprint density at radius 3 is 3.12 bits per heavy atom. The molecule has 0 radical (unpaired) electrons. The standard InChI is InChI=1S/C11H11N3OS/c15-16-7-5-8-9(2-1-3-10(8)16)13-11-4-6-12-14-11/h1-4,6H,5,7H2,(H2,12,13,14). The van der Waals surface area contributed by atoms with Crippen LogP contribution in [0.15, 0.2) is 35.4 Å². The molecule has 2 heterocycles. The summed E-state index contributed by atoms with van der Waals surface area (Å²) >= 11 is 0. The first-order chi connectivity index (χ1) is 7.84. The van der Waals surface area contributed by atoms with Crippen LogP contribution in [0.2, 0.25) is 0 Å². The van der Waals surface area contributed by atoms with Crippen LogP contribution in [-0.2, 0) is 17.2 Å². The lowest BCUT2D eigenvalue weighted by atomic mass is 10.1. The van der Waals surface area contributed by atoms with E-state index in [9.17, 15) is 4.21 Å². The van der Waals surface area contributed by atoms with E-state index in [1.807, 2.05) is 24.3 Å². The molecule has 1 unspecified atom stereocenters. The lowest BCUT2D eigenvalue weighted by Crippen LogP contribution is -1.95. The van der Waals surface area contributed by atoms with E-state index in [1.54, 1.807) is 6.20 Å². The maximum absolute atomic E-state index is 11.7. The quantitative estimate of drug-likeness (QED) is 0.831. The number of fused-ring (bicyclic) bond motifs is 1. The summed E-state index contributed by atoms with van der Waals surface area (Å²) in [5.74, 6) is 1.59. The minimum atomic E-state index is -0.822. The molecule has 1 aromatic heterocycles. The molecule has 1 aromatic carbocycles. The number of nitrogens with one attached hydrogen (secondary N) is 2. The van der Waals surface area contributed by atoms with Crippen molar-refractivity contribution in [3.05, 3.63) is 36.0 Å². The minimum absolute atomic E-state index is 0.733. The molecule has 0 bridgehead atoms. The van der Waals surface area contributed by atoms with Gasteiger partial charge in [-0.3, -0.25) is 9.31 Å². The SMILES string of the molecule is O=S1CCc2c(Nc3ccn[nH]3)cccc21. The second kappa shape index (κ2) is 3.75. The maximum atomic E-state index is 11.7. The van der Waals surface area contributed by atoms with Gasteiger partial charge in [0.1, 0.15) is 5.82 Å². The van der Waals surface area contributed by atoms with Gasteiger partial charge in [-0.15, -0.1) is 0 Å². The number of aromatic nitrogens is 2. The van der Waals surface area contributed by atoms with Crippen molar-refractivity contribution in [1.82, 2.24) is 10.2 Å². The van der Waals surface area contributed by atoms with Crippen molar-refractivity contribution in [2.75, 3.05) is 11.1 Å². The van der Waals surface area contributed by atoms with E-state index >= 15 is 0 Å². The molecular formula is C11H11N3OS. The summed E-state index contributed by atoms with van der Waals surface area (Å²) in [6.07, 6.45) is 2.57. The summed E-state index contributed by atoms with van der Waals surface area (Å²) in [6, 6.07) is 7.74. The summed E-state index contributed by atoms with van der Waals surface area (Å²) in [4.78, 5) is 0.963. The number of benzene rings is 1. The van der Waals surface area contributed by atoms with Gasteiger partial charge in [0.2, 0.25) is 0 Å². The summed E-state index contributed by atoms with van der Waals surface area (Å²) in [6.45, 7) is 0. The van der Waals surface area contributed by atoms with Crippen LogP contribution >= 0.6 is 0 Å². The number of rotatable bonds is 2. The fourth-order valence-electron chi connectivity index (χ4n) is 1.93. The van der Waals surface area contributed by atoms with Gasteiger partial charge < -0.3 is 5.32 Å². The number of hydrogen-bond acceptors (Lipinski definition) is 3. The number of hydrogen-bond donors (Lipinski definition) is 2. The van der Waals surface area contributed by atoms with Crippen molar-refractivity contribution >= 4 is 22.3 Å². The van der Waals surface area contributed by atoms with E-state index in [0.717, 1.165) is 34.1 Å². The third kappa shape index (κ3) is 1.53. The average molecular weight is 233 g/mol. The Kier molecular flexibility index (Phi) is 2.25. The van der Waals surface area contributed by atoms with Crippen LogP contribution in [0, 0.1) is 0 Å². The molecule has 0 amide bonds. The van der Waals surface area contributed by atoms with Crippen LogP contribution in [0.5, 0.6) is 0 Å². The van der Waals surface area contributed by atoms with Crippen LogP contribution in [0.3, 0.4) is 0 Å². The molecule has 3 rings (SSSR count). The molecule has 1 aliphatic heterocycles. The van der Waals surface area contributed by atoms with Gasteiger partial charge in [0, 0.05) is 22.4 Å². The fourth-order valence-corrected chi connectivity index (χ4v) is 3.26. The molecule has 5 heteroatoms. The highest BCUT2D eigenvalue weighted by Gasteiger charge is 2.20. The predicted octanol–water partition coefficient (Wildman–Crippen LogP) is 1.82. The van der Waals surface area contributed by atoms with Crippen LogP contribution < -0.4 is 5.32 Å². The Bertz CT molecular complexity index is 536. The lowest BCUT2D eigenvalue weighted by Gasteiger charge is -2.08. The van der Waals surface area contributed by atoms with Gasteiger partial charge in [0.15, 0.2) is 0 Å². The molecular weight excluding hydrogens is 222 g/mol. The van der Waals surface area contributed by atoms with Gasteiger partial charge in [0.25, 0.3) is 0 Å². The van der Waals surface area contributed by atoms with E-state index < -0.39 is 10.8 Å². The lowest BCUT2D eigenvalue weighted by molar-refractivity contribution is 0.685. The Hall–Kier alpha value is -1.62. The molecule has 0 fully saturated rings. The summed E-state index contributed by atoms with van der Waals surface area (Å²) in [5.41, 5.74) is 2.18. The van der Waals surface area contributed by atoms with Gasteiger partial charge in [0.05, 0.1) is 17.0 Å². The zero-order valence-corrected chi connectivity index (χ0v) is 9.38. The van der Waals surface area contributed by atoms with Gasteiger partial charge >= 0.3 is 0 Å². The first-order valence-corrected chi connectivity index (χ1v) is 6.43. The topological polar surface area (TPSA) is 57.8 Å². The predicted molar refractivity (Wildman–Crippen MR) is 63.3 cm³/mol. The van der Waals surface area contributed by atoms with Crippen molar-refractivity contribution in [1.29, 1.82) is 0 Å². The van der Waals surface area contributed by atoms with Gasteiger partial charge in [-0.05, 0) is 24.1 Å². The smallest absolute Gasteiger partial charge is 0.125 e. The third-order valence-electron chi connectivity index (χ3n) is 2.69. The molecule has 4 nitrogen and oxygen atoms in total. The Labute approximate surface area is 95.5 Å². The van der Waals surface area contributed by atoms with Crippen molar-refractivity contribution in [2.45, 2.75) is 11.3 Å². The molecule has 0 saturated heterocycles. The first-order valence-electron chi connectivity index (χ1n) is 5.11. The van der Waals surface area contributed by atoms with E-state index in [-0.39, 0.29) is 0 Å². The van der Waals surface area contributed by atoms with Gasteiger partial charge in [-0.2, -0.15) is 5.10 Å². The van der Waals surface area contributed by atoms with Crippen molar-refractivity contribution in [3.63, 3.8) is 0 Å². The monoisotopic (exact) mass is 233 g/mol. The van der Waals surface area contributed by atoms with E-state index in [1.165, 1.54) is 0 Å². The number of nitrogens with zero attached hydrogens (tertiary/aromatic N) is 1. The van der Waals surface area contributed by atoms with Crippen LogP contribution in [0.1, 0.15) is 5.56 Å². The number of anilines is 2. The number of aromatic amines is 1. The second-order valence-corrected chi connectivity index (χ2v) is 5.22. The van der Waals surface area contributed by atoms with E-state index in [0.29, 0.717) is 0 Å². The maximum Gasteiger partial charge on any atom is 0.125 e. The van der Waals surface area contributed by atoms with Crippen LogP contribution in [0.4, 0.5) is 11.5 Å². The van der Waals surface area contributed by atoms with Crippen molar-refractivity contribution < 1.29 is 4.21 Å². The minimum Gasteiger partial charge on any atom is -0.340 e. The van der Waals surface area contributed by atoms with Gasteiger partial charge in [-0.25, -0.2) is 0 Å². The van der Waals surface area contributed by atoms with E-state index in [4.69, 9.17) is 0 Å². The Balaban J connectivity index is 2.00. The molecule has 82 valence electrons. The molecule has 16 heavy (non-hydrogen) atoms. The Morgan fingerprint density at radius 1 is 1.38 bits per heavy atom. The highest BCUT2D eigenvalue weighted by atomic mass is 32.2. The summed E-state index contributed by atoms with van der Waals surface area (Å²) in [5, 5.41) is 9.98. The van der Waals surface area contributed by atoms with Gasteiger partial charge in [-0.1, -0.05) is 6.07 Å². The zero-order valence-electron chi connectivity index (χ0n) is 8.56. The number of H-pyrrole nitrogens is 1. The molecule has 0 spiro atoms. The van der Waals surface area contributed by atoms with Crippen LogP contribution in [0.25, 0.3) is 0 Å². The van der Waals surface area contributed by atoms with Crippen molar-refractivity contribution in [2.24, 2.45) is 0 Å². The molecule has 2 aromatic rings. The summed E-state index contributed by atoms with van der Waals surface area (Å²) < 4.78 is 11.7. The highest BCUT2D eigenvalue weighted by molar-refractivity contribution is 7.85. The third-order valence-corrected chi connectivity index (χ3v) is 4.13. The van der Waals surface area contributed by atoms with E-state index in [2.05, 4.69) is 15.5 Å².